The summed E-state index contributed by atoms with van der Waals surface area (Å²) < 4.78 is 5.15. The molecule has 5 heteroatoms. The van der Waals surface area contributed by atoms with Crippen molar-refractivity contribution >= 4 is 11.8 Å². The largest absolute Gasteiger partial charge is 0.338 e. The Labute approximate surface area is 107 Å². The summed E-state index contributed by atoms with van der Waals surface area (Å²) in [4.78, 5) is 12.5. The van der Waals surface area contributed by atoms with Gasteiger partial charge in [0.1, 0.15) is 0 Å². The molecular formula is C13H21N3O2. The lowest BCUT2D eigenvalue weighted by atomic mass is 9.76. The van der Waals surface area contributed by atoms with E-state index in [2.05, 4.69) is 22.7 Å². The van der Waals surface area contributed by atoms with Gasteiger partial charge in [0.15, 0.2) is 0 Å². The van der Waals surface area contributed by atoms with Crippen LogP contribution in [0, 0.1) is 19.3 Å². The zero-order valence-corrected chi connectivity index (χ0v) is 11.3. The number of nitrogens with one attached hydrogen (secondary N) is 2. The molecule has 1 aromatic rings. The fourth-order valence-corrected chi connectivity index (χ4v) is 2.41. The van der Waals surface area contributed by atoms with Crippen LogP contribution in [0.15, 0.2) is 4.52 Å². The molecule has 0 aliphatic carbocycles. The zero-order valence-electron chi connectivity index (χ0n) is 11.3. The van der Waals surface area contributed by atoms with E-state index in [4.69, 9.17) is 4.52 Å². The number of carbonyl (C=O) groups is 1. The van der Waals surface area contributed by atoms with Gasteiger partial charge in [-0.3, -0.25) is 10.1 Å². The molecule has 1 fully saturated rings. The van der Waals surface area contributed by atoms with E-state index in [0.29, 0.717) is 5.88 Å². The fraction of sp³-hybridized carbons (Fsp3) is 0.692. The van der Waals surface area contributed by atoms with Crippen molar-refractivity contribution < 1.29 is 9.32 Å². The highest BCUT2D eigenvalue weighted by atomic mass is 16.5. The molecule has 0 radical (unpaired) electrons. The number of nitrogens with zero attached hydrogens (tertiary/aromatic N) is 1. The third kappa shape index (κ3) is 2.27. The van der Waals surface area contributed by atoms with Gasteiger partial charge in [-0.2, -0.15) is 0 Å². The Morgan fingerprint density at radius 2 is 2.11 bits per heavy atom. The average Bonchev–Trinajstić information content (AvgIpc) is 2.71. The monoisotopic (exact) mass is 251 g/mol. The molecule has 1 aromatic heterocycles. The molecule has 5 nitrogen and oxygen atoms in total. The standard InChI is InChI=1S/C13H21N3O2/c1-4-13(5-7-14-8-6-13)12(17)15-11-9(2)10(3)16-18-11/h14H,4-8H2,1-3H3,(H,15,17). The van der Waals surface area contributed by atoms with Gasteiger partial charge in [0.25, 0.3) is 0 Å². The normalized spacial score (nSPS) is 18.6. The minimum absolute atomic E-state index is 0.0609. The number of carbonyl (C=O) groups excluding carboxylic acids is 1. The van der Waals surface area contributed by atoms with Gasteiger partial charge in [-0.1, -0.05) is 12.1 Å². The van der Waals surface area contributed by atoms with Crippen molar-refractivity contribution in [3.63, 3.8) is 0 Å². The molecule has 1 saturated heterocycles. The van der Waals surface area contributed by atoms with Crippen molar-refractivity contribution in [1.29, 1.82) is 0 Å². The van der Waals surface area contributed by atoms with Crippen LogP contribution in [-0.4, -0.2) is 24.2 Å². The molecule has 1 aliphatic heterocycles. The van der Waals surface area contributed by atoms with E-state index < -0.39 is 0 Å². The molecule has 18 heavy (non-hydrogen) atoms. The average molecular weight is 251 g/mol. The minimum atomic E-state index is -0.265. The van der Waals surface area contributed by atoms with Crippen LogP contribution in [-0.2, 0) is 4.79 Å². The lowest BCUT2D eigenvalue weighted by Gasteiger charge is -2.34. The summed E-state index contributed by atoms with van der Waals surface area (Å²) in [5, 5.41) is 10.0. The van der Waals surface area contributed by atoms with Crippen LogP contribution in [0.25, 0.3) is 0 Å². The van der Waals surface area contributed by atoms with Crippen LogP contribution in [0.3, 0.4) is 0 Å². The Hall–Kier alpha value is -1.36. The quantitative estimate of drug-likeness (QED) is 0.862. The van der Waals surface area contributed by atoms with Gasteiger partial charge in [0.05, 0.1) is 11.1 Å². The van der Waals surface area contributed by atoms with Crippen molar-refractivity contribution in [2.24, 2.45) is 5.41 Å². The van der Waals surface area contributed by atoms with Gasteiger partial charge in [0.2, 0.25) is 11.8 Å². The van der Waals surface area contributed by atoms with E-state index in [0.717, 1.165) is 43.6 Å². The first kappa shape index (κ1) is 13.1. The van der Waals surface area contributed by atoms with Crippen molar-refractivity contribution in [1.82, 2.24) is 10.5 Å². The van der Waals surface area contributed by atoms with Crippen molar-refractivity contribution in [3.05, 3.63) is 11.3 Å². The van der Waals surface area contributed by atoms with Crippen LogP contribution >= 0.6 is 0 Å². The van der Waals surface area contributed by atoms with Crippen LogP contribution in [0.4, 0.5) is 5.88 Å². The maximum absolute atomic E-state index is 12.5. The molecule has 0 bridgehead atoms. The number of rotatable bonds is 3. The van der Waals surface area contributed by atoms with E-state index in [1.807, 2.05) is 13.8 Å². The van der Waals surface area contributed by atoms with Gasteiger partial charge in [-0.15, -0.1) is 0 Å². The van der Waals surface area contributed by atoms with Crippen LogP contribution in [0.1, 0.15) is 37.4 Å². The van der Waals surface area contributed by atoms with E-state index in [9.17, 15) is 4.79 Å². The minimum Gasteiger partial charge on any atom is -0.338 e. The van der Waals surface area contributed by atoms with Gasteiger partial charge in [0, 0.05) is 5.56 Å². The zero-order chi connectivity index (χ0) is 13.2. The Balaban J connectivity index is 2.13. The summed E-state index contributed by atoms with van der Waals surface area (Å²) in [5.74, 6) is 0.551. The molecule has 1 amide bonds. The van der Waals surface area contributed by atoms with E-state index >= 15 is 0 Å². The first-order valence-corrected chi connectivity index (χ1v) is 6.54. The van der Waals surface area contributed by atoms with Crippen LogP contribution in [0.5, 0.6) is 0 Å². The Kier molecular flexibility index (Phi) is 3.71. The van der Waals surface area contributed by atoms with E-state index in [-0.39, 0.29) is 11.3 Å². The van der Waals surface area contributed by atoms with E-state index in [1.54, 1.807) is 0 Å². The maximum atomic E-state index is 12.5. The number of anilines is 1. The molecule has 100 valence electrons. The second kappa shape index (κ2) is 5.10. The second-order valence-electron chi connectivity index (χ2n) is 5.06. The Morgan fingerprint density at radius 1 is 1.44 bits per heavy atom. The molecule has 0 spiro atoms. The van der Waals surface area contributed by atoms with Crippen molar-refractivity contribution in [2.45, 2.75) is 40.0 Å². The highest BCUT2D eigenvalue weighted by Gasteiger charge is 2.38. The third-order valence-corrected chi connectivity index (χ3v) is 4.10. The fourth-order valence-electron chi connectivity index (χ4n) is 2.41. The molecular weight excluding hydrogens is 230 g/mol. The first-order valence-electron chi connectivity index (χ1n) is 6.54. The maximum Gasteiger partial charge on any atom is 0.234 e. The highest BCUT2D eigenvalue weighted by molar-refractivity contribution is 5.94. The molecule has 2 heterocycles. The van der Waals surface area contributed by atoms with Crippen LogP contribution in [0.2, 0.25) is 0 Å². The lowest BCUT2D eigenvalue weighted by molar-refractivity contribution is -0.127. The topological polar surface area (TPSA) is 67.2 Å². The summed E-state index contributed by atoms with van der Waals surface area (Å²) in [7, 11) is 0. The first-order chi connectivity index (χ1) is 8.59. The summed E-state index contributed by atoms with van der Waals surface area (Å²) >= 11 is 0. The van der Waals surface area contributed by atoms with Gasteiger partial charge in [-0.25, -0.2) is 0 Å². The number of hydrogen-bond donors (Lipinski definition) is 2. The molecule has 0 saturated carbocycles. The molecule has 0 aromatic carbocycles. The summed E-state index contributed by atoms with van der Waals surface area (Å²) in [5.41, 5.74) is 1.46. The van der Waals surface area contributed by atoms with Gasteiger partial charge >= 0.3 is 0 Å². The number of amides is 1. The van der Waals surface area contributed by atoms with Crippen LogP contribution < -0.4 is 10.6 Å². The van der Waals surface area contributed by atoms with Gasteiger partial charge in [-0.05, 0) is 46.2 Å². The molecule has 0 atom stereocenters. The number of hydrogen-bond acceptors (Lipinski definition) is 4. The molecule has 2 N–H and O–H groups in total. The SMILES string of the molecule is CCC1(C(=O)Nc2onc(C)c2C)CCNCC1. The van der Waals surface area contributed by atoms with Crippen molar-refractivity contribution in [3.8, 4) is 0 Å². The third-order valence-electron chi connectivity index (χ3n) is 4.10. The lowest BCUT2D eigenvalue weighted by Crippen LogP contribution is -2.44. The summed E-state index contributed by atoms with van der Waals surface area (Å²) in [6, 6.07) is 0. The molecule has 0 unspecified atom stereocenters. The predicted octanol–water partition coefficient (Wildman–Crippen LogP) is 2.01. The Morgan fingerprint density at radius 3 is 2.61 bits per heavy atom. The highest BCUT2D eigenvalue weighted by Crippen LogP contribution is 2.34. The predicted molar refractivity (Wildman–Crippen MR) is 69.4 cm³/mol. The smallest absolute Gasteiger partial charge is 0.234 e. The summed E-state index contributed by atoms with van der Waals surface area (Å²) in [6.45, 7) is 7.64. The summed E-state index contributed by atoms with van der Waals surface area (Å²) in [6.07, 6.45) is 2.61. The molecule has 1 aliphatic rings. The number of aromatic nitrogens is 1. The second-order valence-corrected chi connectivity index (χ2v) is 5.06. The van der Waals surface area contributed by atoms with Gasteiger partial charge < -0.3 is 9.84 Å². The number of aryl methyl sites for hydroxylation is 1. The van der Waals surface area contributed by atoms with Crippen molar-refractivity contribution in [2.75, 3.05) is 18.4 Å². The van der Waals surface area contributed by atoms with E-state index in [1.165, 1.54) is 0 Å². The number of piperidine rings is 1. The Bertz CT molecular complexity index is 433. The molecule has 2 rings (SSSR count).